The maximum atomic E-state index is 9.16. The highest BCUT2D eigenvalue weighted by molar-refractivity contribution is 9.08. The number of benzene rings is 1. The highest BCUT2D eigenvalue weighted by Gasteiger charge is 2.08. The minimum Gasteiger partial charge on any atom is -0.372 e. The second-order valence-corrected chi connectivity index (χ2v) is 4.88. The molecule has 0 heterocycles. The number of hydrogen-bond donors (Lipinski definition) is 0. The van der Waals surface area contributed by atoms with Gasteiger partial charge >= 0.3 is 0 Å². The van der Waals surface area contributed by atoms with E-state index >= 15 is 0 Å². The van der Waals surface area contributed by atoms with Gasteiger partial charge in [-0.05, 0) is 31.8 Å². The van der Waals surface area contributed by atoms with Gasteiger partial charge in [-0.3, -0.25) is 0 Å². The van der Waals surface area contributed by atoms with Gasteiger partial charge in [-0.15, -0.1) is 0 Å². The quantitative estimate of drug-likeness (QED) is 0.782. The van der Waals surface area contributed by atoms with E-state index in [1.807, 2.05) is 33.3 Å². The summed E-state index contributed by atoms with van der Waals surface area (Å²) in [5.74, 6) is 0. The lowest BCUT2D eigenvalue weighted by molar-refractivity contribution is 0.416. The highest BCUT2D eigenvalue weighted by atomic mass is 79.9. The van der Waals surface area contributed by atoms with E-state index in [9.17, 15) is 0 Å². The van der Waals surface area contributed by atoms with Crippen LogP contribution in [0.15, 0.2) is 18.2 Å². The third kappa shape index (κ3) is 4.03. The Hall–Kier alpha value is -1.05. The van der Waals surface area contributed by atoms with Gasteiger partial charge in [0.1, 0.15) is 6.07 Å². The van der Waals surface area contributed by atoms with Crippen molar-refractivity contribution in [2.45, 2.75) is 5.33 Å². The van der Waals surface area contributed by atoms with E-state index in [-0.39, 0.29) is 0 Å². The van der Waals surface area contributed by atoms with Gasteiger partial charge in [0.05, 0.1) is 11.3 Å². The van der Waals surface area contributed by atoms with Gasteiger partial charge < -0.3 is 9.80 Å². The third-order valence-electron chi connectivity index (χ3n) is 2.63. The second-order valence-electron chi connectivity index (χ2n) is 4.32. The highest BCUT2D eigenvalue weighted by Crippen LogP contribution is 2.21. The zero-order valence-electron chi connectivity index (χ0n) is 10.6. The van der Waals surface area contributed by atoms with Crippen molar-refractivity contribution in [3.63, 3.8) is 0 Å². The Morgan fingerprint density at radius 1 is 1.24 bits per heavy atom. The summed E-state index contributed by atoms with van der Waals surface area (Å²) in [4.78, 5) is 4.26. The van der Waals surface area contributed by atoms with Crippen molar-refractivity contribution in [1.29, 1.82) is 5.26 Å². The molecule has 1 aromatic carbocycles. The summed E-state index contributed by atoms with van der Waals surface area (Å²) in [5, 5.41) is 9.94. The molecule has 0 amide bonds. The average molecular weight is 296 g/mol. The van der Waals surface area contributed by atoms with E-state index in [2.05, 4.69) is 37.9 Å². The van der Waals surface area contributed by atoms with Crippen LogP contribution in [0.3, 0.4) is 0 Å². The fourth-order valence-electron chi connectivity index (χ4n) is 1.56. The molecule has 0 aliphatic carbocycles. The van der Waals surface area contributed by atoms with Crippen LogP contribution in [0.4, 0.5) is 5.69 Å². The van der Waals surface area contributed by atoms with Gasteiger partial charge in [-0.2, -0.15) is 5.26 Å². The maximum Gasteiger partial charge on any atom is 0.101 e. The molecule has 0 saturated heterocycles. The average Bonchev–Trinajstić information content (AvgIpc) is 2.34. The van der Waals surface area contributed by atoms with E-state index in [4.69, 9.17) is 5.26 Å². The molecule has 0 fully saturated rings. The fourth-order valence-corrected chi connectivity index (χ4v) is 1.91. The van der Waals surface area contributed by atoms with Crippen LogP contribution in [0.1, 0.15) is 11.1 Å². The number of alkyl halides is 1. The molecule has 17 heavy (non-hydrogen) atoms. The molecular formula is C13H18BrN3. The van der Waals surface area contributed by atoms with Crippen molar-refractivity contribution >= 4 is 21.6 Å². The molecule has 92 valence electrons. The molecule has 1 rings (SSSR count). The molecule has 4 heteroatoms. The Morgan fingerprint density at radius 3 is 2.47 bits per heavy atom. The van der Waals surface area contributed by atoms with Crippen molar-refractivity contribution in [3.8, 4) is 6.07 Å². The van der Waals surface area contributed by atoms with Crippen LogP contribution < -0.4 is 4.90 Å². The molecule has 0 atom stereocenters. The lowest BCUT2D eigenvalue weighted by Gasteiger charge is -2.22. The Kier molecular flexibility index (Phi) is 5.46. The van der Waals surface area contributed by atoms with Gasteiger partial charge in [-0.25, -0.2) is 0 Å². The summed E-state index contributed by atoms with van der Waals surface area (Å²) in [6.45, 7) is 1.89. The molecule has 0 aliphatic heterocycles. The Morgan fingerprint density at radius 2 is 1.94 bits per heavy atom. The molecule has 0 N–H and O–H groups in total. The minimum absolute atomic E-state index is 0.739. The number of rotatable bonds is 5. The number of nitrogens with zero attached hydrogens (tertiary/aromatic N) is 3. The zero-order valence-corrected chi connectivity index (χ0v) is 12.2. The topological polar surface area (TPSA) is 30.3 Å². The van der Waals surface area contributed by atoms with Crippen LogP contribution in [0, 0.1) is 11.3 Å². The van der Waals surface area contributed by atoms with Gasteiger partial charge in [0, 0.05) is 25.5 Å². The summed E-state index contributed by atoms with van der Waals surface area (Å²) >= 11 is 3.40. The van der Waals surface area contributed by atoms with Crippen LogP contribution in [-0.2, 0) is 5.33 Å². The Balaban J connectivity index is 2.86. The summed E-state index contributed by atoms with van der Waals surface area (Å²) in [7, 11) is 6.12. The molecule has 3 nitrogen and oxygen atoms in total. The zero-order chi connectivity index (χ0) is 12.8. The summed E-state index contributed by atoms with van der Waals surface area (Å²) < 4.78 is 0. The van der Waals surface area contributed by atoms with Crippen molar-refractivity contribution in [1.82, 2.24) is 4.90 Å². The molecule has 0 spiro atoms. The molecule has 0 aromatic heterocycles. The lowest BCUT2D eigenvalue weighted by Crippen LogP contribution is -2.28. The number of likely N-dealkylation sites (N-methyl/N-ethyl adjacent to an activating group) is 2. The normalized spacial score (nSPS) is 10.4. The van der Waals surface area contributed by atoms with E-state index in [0.29, 0.717) is 0 Å². The lowest BCUT2D eigenvalue weighted by atomic mass is 10.1. The Bertz CT molecular complexity index is 410. The first-order chi connectivity index (χ1) is 8.08. The molecular weight excluding hydrogens is 278 g/mol. The van der Waals surface area contributed by atoms with Gasteiger partial charge in [-0.1, -0.05) is 22.0 Å². The largest absolute Gasteiger partial charge is 0.372 e. The first-order valence-electron chi connectivity index (χ1n) is 5.53. The van der Waals surface area contributed by atoms with Crippen LogP contribution in [0.25, 0.3) is 0 Å². The molecule has 1 aromatic rings. The van der Waals surface area contributed by atoms with Crippen molar-refractivity contribution in [3.05, 3.63) is 29.3 Å². The van der Waals surface area contributed by atoms with Gasteiger partial charge in [0.15, 0.2) is 0 Å². The van der Waals surface area contributed by atoms with Crippen LogP contribution >= 0.6 is 15.9 Å². The Labute approximate surface area is 112 Å². The summed E-state index contributed by atoms with van der Waals surface area (Å²) in [6.07, 6.45) is 0. The maximum absolute atomic E-state index is 9.16. The van der Waals surface area contributed by atoms with E-state index in [1.165, 1.54) is 0 Å². The smallest absolute Gasteiger partial charge is 0.101 e. The number of halogens is 1. The van der Waals surface area contributed by atoms with Crippen LogP contribution in [-0.4, -0.2) is 39.1 Å². The van der Waals surface area contributed by atoms with Crippen molar-refractivity contribution < 1.29 is 0 Å². The van der Waals surface area contributed by atoms with E-state index < -0.39 is 0 Å². The summed E-state index contributed by atoms with van der Waals surface area (Å²) in [6, 6.07) is 8.27. The molecule has 0 unspecified atom stereocenters. The molecule has 0 aliphatic rings. The second kappa shape index (κ2) is 6.63. The summed E-state index contributed by atoms with van der Waals surface area (Å²) in [5.41, 5.74) is 2.87. The molecule has 0 bridgehead atoms. The first kappa shape index (κ1) is 14.0. The predicted molar refractivity (Wildman–Crippen MR) is 75.6 cm³/mol. The predicted octanol–water partition coefficient (Wildman–Crippen LogP) is 2.45. The molecule has 0 radical (unpaired) electrons. The van der Waals surface area contributed by atoms with Crippen molar-refractivity contribution in [2.24, 2.45) is 0 Å². The van der Waals surface area contributed by atoms with Crippen LogP contribution in [0.2, 0.25) is 0 Å². The van der Waals surface area contributed by atoms with Gasteiger partial charge in [0.2, 0.25) is 0 Å². The van der Waals surface area contributed by atoms with Crippen LogP contribution in [0.5, 0.6) is 0 Å². The van der Waals surface area contributed by atoms with E-state index in [1.54, 1.807) is 0 Å². The number of hydrogen-bond acceptors (Lipinski definition) is 3. The van der Waals surface area contributed by atoms with E-state index in [0.717, 1.165) is 35.2 Å². The van der Waals surface area contributed by atoms with Crippen molar-refractivity contribution in [2.75, 3.05) is 39.1 Å². The van der Waals surface area contributed by atoms with Gasteiger partial charge in [0.25, 0.3) is 0 Å². The first-order valence-corrected chi connectivity index (χ1v) is 6.65. The third-order valence-corrected chi connectivity index (χ3v) is 3.28. The number of nitriles is 1. The SMILES string of the molecule is CN(C)CCN(C)c1ccc(CBr)cc1C#N. The fraction of sp³-hybridized carbons (Fsp3) is 0.462. The molecule has 0 saturated carbocycles. The minimum atomic E-state index is 0.739. The number of anilines is 1. The monoisotopic (exact) mass is 295 g/mol. The standard InChI is InChI=1S/C13H18BrN3/c1-16(2)6-7-17(3)13-5-4-11(9-14)8-12(13)10-15/h4-5,8H,6-7,9H2,1-3H3.